The molecule has 0 amide bonds. The Morgan fingerprint density at radius 1 is 0.735 bits per heavy atom. The van der Waals surface area contributed by atoms with E-state index in [1.807, 2.05) is 36.4 Å². The molecule has 9 heteroatoms. The number of rotatable bonds is 3. The minimum atomic E-state index is 0.215. The molecule has 5 heterocycles. The molecular formula is C25H22N4O5. The number of anilines is 1. The maximum atomic E-state index is 6.41. The minimum Gasteiger partial charge on any atom is -0.454 e. The van der Waals surface area contributed by atoms with Gasteiger partial charge in [-0.05, 0) is 42.9 Å². The first-order valence-electron chi connectivity index (χ1n) is 11.3. The molecule has 0 atom stereocenters. The highest BCUT2D eigenvalue weighted by atomic mass is 16.7. The first-order valence-corrected chi connectivity index (χ1v) is 11.3. The van der Waals surface area contributed by atoms with E-state index in [-0.39, 0.29) is 13.6 Å². The van der Waals surface area contributed by atoms with E-state index in [0.717, 1.165) is 65.6 Å². The average Bonchev–Trinajstić information content (AvgIpc) is 3.61. The smallest absolute Gasteiger partial charge is 0.232 e. The summed E-state index contributed by atoms with van der Waals surface area (Å²) < 4.78 is 28.8. The van der Waals surface area contributed by atoms with Crippen LogP contribution in [-0.4, -0.2) is 61.7 Å². The summed E-state index contributed by atoms with van der Waals surface area (Å²) in [7, 11) is 2.14. The molecule has 2 aromatic heterocycles. The van der Waals surface area contributed by atoms with Gasteiger partial charge in [-0.1, -0.05) is 6.07 Å². The van der Waals surface area contributed by atoms with Gasteiger partial charge in [0.05, 0.1) is 5.39 Å². The van der Waals surface area contributed by atoms with Gasteiger partial charge in [-0.25, -0.2) is 9.97 Å². The number of piperazine rings is 1. The van der Waals surface area contributed by atoms with Crippen LogP contribution >= 0.6 is 0 Å². The number of benzene rings is 2. The predicted octanol–water partition coefficient (Wildman–Crippen LogP) is 3.77. The Morgan fingerprint density at radius 3 is 2.12 bits per heavy atom. The van der Waals surface area contributed by atoms with Crippen molar-refractivity contribution in [2.24, 2.45) is 0 Å². The van der Waals surface area contributed by atoms with Gasteiger partial charge >= 0.3 is 0 Å². The van der Waals surface area contributed by atoms with Crippen LogP contribution in [0, 0.1) is 0 Å². The average molecular weight is 458 g/mol. The first-order chi connectivity index (χ1) is 16.7. The van der Waals surface area contributed by atoms with Crippen molar-refractivity contribution in [3.63, 3.8) is 0 Å². The van der Waals surface area contributed by atoms with Gasteiger partial charge in [-0.2, -0.15) is 0 Å². The van der Waals surface area contributed by atoms with Crippen LogP contribution in [-0.2, 0) is 0 Å². The summed E-state index contributed by atoms with van der Waals surface area (Å²) in [6, 6.07) is 11.8. The number of ether oxygens (including phenoxy) is 4. The van der Waals surface area contributed by atoms with Crippen LogP contribution in [0.3, 0.4) is 0 Å². The van der Waals surface area contributed by atoms with Crippen molar-refractivity contribution < 1.29 is 23.4 Å². The molecule has 1 saturated heterocycles. The van der Waals surface area contributed by atoms with Crippen LogP contribution < -0.4 is 23.8 Å². The predicted molar refractivity (Wildman–Crippen MR) is 125 cm³/mol. The monoisotopic (exact) mass is 458 g/mol. The molecule has 7 rings (SSSR count). The van der Waals surface area contributed by atoms with Crippen molar-refractivity contribution in [2.45, 2.75) is 0 Å². The van der Waals surface area contributed by atoms with E-state index in [4.69, 9.17) is 28.3 Å². The molecule has 0 saturated carbocycles. The van der Waals surface area contributed by atoms with Crippen LogP contribution in [0.4, 0.5) is 5.82 Å². The van der Waals surface area contributed by atoms with Crippen LogP contribution in [0.25, 0.3) is 33.6 Å². The lowest BCUT2D eigenvalue weighted by atomic mass is 9.98. The zero-order chi connectivity index (χ0) is 22.6. The molecule has 0 aliphatic carbocycles. The molecule has 172 valence electrons. The van der Waals surface area contributed by atoms with Gasteiger partial charge in [0.25, 0.3) is 0 Å². The van der Waals surface area contributed by atoms with E-state index in [2.05, 4.69) is 21.8 Å². The molecule has 34 heavy (non-hydrogen) atoms. The molecule has 3 aliphatic rings. The molecule has 3 aliphatic heterocycles. The Hall–Kier alpha value is -3.98. The SMILES string of the molecule is CN1CCN(c2ncnc3oc(-c4ccc5c(c4)OCO5)c(-c4ccc5c(c4)OCO5)c23)CC1. The van der Waals surface area contributed by atoms with Crippen molar-refractivity contribution in [1.29, 1.82) is 0 Å². The fraction of sp³-hybridized carbons (Fsp3) is 0.280. The standard InChI is InChI=1S/C25H22N4O5/c1-28-6-8-29(9-7-28)24-22-21(15-2-4-17-19(10-15)32-13-30-17)23(34-25(22)27-12-26-24)16-3-5-18-20(11-16)33-14-31-18/h2-5,10-12H,6-9,13-14H2,1H3. The van der Waals surface area contributed by atoms with E-state index in [9.17, 15) is 0 Å². The Labute approximate surface area is 195 Å². The maximum absolute atomic E-state index is 6.41. The Bertz CT molecular complexity index is 1410. The summed E-state index contributed by atoms with van der Waals surface area (Å²) in [5.74, 6) is 4.44. The summed E-state index contributed by atoms with van der Waals surface area (Å²) in [4.78, 5) is 13.8. The number of likely N-dealkylation sites (N-methyl/N-ethyl adjacent to an activating group) is 1. The largest absolute Gasteiger partial charge is 0.454 e. The van der Waals surface area contributed by atoms with Gasteiger partial charge in [0.1, 0.15) is 17.9 Å². The molecule has 0 radical (unpaired) electrons. The number of hydrogen-bond acceptors (Lipinski definition) is 9. The van der Waals surface area contributed by atoms with Crippen LogP contribution in [0.15, 0.2) is 47.1 Å². The van der Waals surface area contributed by atoms with Gasteiger partial charge < -0.3 is 33.2 Å². The van der Waals surface area contributed by atoms with Gasteiger partial charge in [0.2, 0.25) is 19.3 Å². The zero-order valence-electron chi connectivity index (χ0n) is 18.6. The Kier molecular flexibility index (Phi) is 4.31. The molecule has 0 N–H and O–H groups in total. The van der Waals surface area contributed by atoms with Gasteiger partial charge in [-0.15, -0.1) is 0 Å². The number of nitrogens with zero attached hydrogens (tertiary/aromatic N) is 4. The molecule has 2 aromatic carbocycles. The second kappa shape index (κ2) is 7.53. The lowest BCUT2D eigenvalue weighted by molar-refractivity contribution is 0.173. The normalized spacial score (nSPS) is 17.0. The number of furan rings is 1. The minimum absolute atomic E-state index is 0.215. The highest BCUT2D eigenvalue weighted by Gasteiger charge is 2.28. The molecule has 0 unspecified atom stereocenters. The van der Waals surface area contributed by atoms with Crippen molar-refractivity contribution in [3.05, 3.63) is 42.7 Å². The maximum Gasteiger partial charge on any atom is 0.232 e. The fourth-order valence-corrected chi connectivity index (χ4v) is 4.74. The van der Waals surface area contributed by atoms with Crippen LogP contribution in [0.2, 0.25) is 0 Å². The van der Waals surface area contributed by atoms with Crippen LogP contribution in [0.1, 0.15) is 0 Å². The van der Waals surface area contributed by atoms with Crippen molar-refractivity contribution in [3.8, 4) is 45.4 Å². The Balaban J connectivity index is 1.46. The van der Waals surface area contributed by atoms with E-state index in [1.54, 1.807) is 6.33 Å². The third-order valence-corrected chi connectivity index (χ3v) is 6.57. The fourth-order valence-electron chi connectivity index (χ4n) is 4.74. The van der Waals surface area contributed by atoms with Crippen molar-refractivity contribution in [1.82, 2.24) is 14.9 Å². The van der Waals surface area contributed by atoms with Crippen molar-refractivity contribution in [2.75, 3.05) is 51.7 Å². The van der Waals surface area contributed by atoms with E-state index >= 15 is 0 Å². The third-order valence-electron chi connectivity index (χ3n) is 6.57. The Morgan fingerprint density at radius 2 is 1.38 bits per heavy atom. The van der Waals surface area contributed by atoms with E-state index < -0.39 is 0 Å². The van der Waals surface area contributed by atoms with Gasteiger partial charge in [0, 0.05) is 37.3 Å². The number of fused-ring (bicyclic) bond motifs is 3. The summed E-state index contributed by atoms with van der Waals surface area (Å²) >= 11 is 0. The highest BCUT2D eigenvalue weighted by Crippen LogP contribution is 2.47. The number of hydrogen-bond donors (Lipinski definition) is 0. The second-order valence-corrected chi connectivity index (χ2v) is 8.61. The molecule has 4 aromatic rings. The summed E-state index contributed by atoms with van der Waals surface area (Å²) in [6.07, 6.45) is 1.58. The van der Waals surface area contributed by atoms with E-state index in [1.165, 1.54) is 0 Å². The zero-order valence-corrected chi connectivity index (χ0v) is 18.6. The lowest BCUT2D eigenvalue weighted by Crippen LogP contribution is -2.44. The second-order valence-electron chi connectivity index (χ2n) is 8.61. The molecule has 1 fully saturated rings. The lowest BCUT2D eigenvalue weighted by Gasteiger charge is -2.33. The summed E-state index contributed by atoms with van der Waals surface area (Å²) in [5, 5.41) is 0.888. The molecular weight excluding hydrogens is 436 g/mol. The molecule has 9 nitrogen and oxygen atoms in total. The highest BCUT2D eigenvalue weighted by molar-refractivity contribution is 6.06. The summed E-state index contributed by atoms with van der Waals surface area (Å²) in [5.41, 5.74) is 3.28. The first kappa shape index (κ1) is 19.5. The third kappa shape index (κ3) is 3.04. The summed E-state index contributed by atoms with van der Waals surface area (Å²) in [6.45, 7) is 4.14. The van der Waals surface area contributed by atoms with Crippen LogP contribution in [0.5, 0.6) is 23.0 Å². The van der Waals surface area contributed by atoms with Crippen molar-refractivity contribution >= 4 is 16.9 Å². The molecule has 0 spiro atoms. The molecule has 0 bridgehead atoms. The van der Waals surface area contributed by atoms with Gasteiger partial charge in [-0.3, -0.25) is 0 Å². The number of aromatic nitrogens is 2. The topological polar surface area (TPSA) is 82.3 Å². The quantitative estimate of drug-likeness (QED) is 0.456. The van der Waals surface area contributed by atoms with E-state index in [0.29, 0.717) is 23.0 Å². The van der Waals surface area contributed by atoms with Gasteiger partial charge in [0.15, 0.2) is 23.0 Å².